The number of rotatable bonds is 18. The summed E-state index contributed by atoms with van der Waals surface area (Å²) in [4.78, 5) is 0. The van der Waals surface area contributed by atoms with Crippen LogP contribution in [0.5, 0.6) is 0 Å². The smallest absolute Gasteiger partial charge is 0.0314 e. The lowest BCUT2D eigenvalue weighted by molar-refractivity contribution is 0.675. The summed E-state index contributed by atoms with van der Waals surface area (Å²) in [5.74, 6) is 0. The van der Waals surface area contributed by atoms with Gasteiger partial charge in [0.2, 0.25) is 0 Å². The fourth-order valence-electron chi connectivity index (χ4n) is 6.16. The molecule has 0 unspecified atom stereocenters. The van der Waals surface area contributed by atoms with Crippen molar-refractivity contribution in [3.05, 3.63) is 129 Å². The number of benzene rings is 4. The predicted octanol–water partition coefficient (Wildman–Crippen LogP) is 10.5. The van der Waals surface area contributed by atoms with E-state index in [4.69, 9.17) is 11.5 Å². The molecule has 4 rings (SSSR count). The molecule has 0 bridgehead atoms. The Morgan fingerprint density at radius 2 is 0.744 bits per heavy atom. The van der Waals surface area contributed by atoms with E-state index in [2.05, 4.69) is 74.5 Å². The van der Waals surface area contributed by atoms with Crippen molar-refractivity contribution in [3.63, 3.8) is 0 Å². The van der Waals surface area contributed by atoms with Gasteiger partial charge in [0.05, 0.1) is 0 Å². The Labute approximate surface area is 261 Å². The second kappa shape index (κ2) is 17.6. The molecule has 0 aliphatic heterocycles. The topological polar surface area (TPSA) is 52.0 Å². The molecular formula is C41H54N2. The molecule has 2 heteroatoms. The minimum Gasteiger partial charge on any atom is -0.399 e. The zero-order valence-electron chi connectivity index (χ0n) is 26.8. The van der Waals surface area contributed by atoms with Crippen molar-refractivity contribution in [1.29, 1.82) is 0 Å². The number of aryl methyl sites for hydroxylation is 4. The van der Waals surface area contributed by atoms with Crippen molar-refractivity contribution in [1.82, 2.24) is 0 Å². The molecule has 4 aromatic rings. The van der Waals surface area contributed by atoms with Crippen molar-refractivity contribution < 1.29 is 0 Å². The average molecular weight is 575 g/mol. The first-order chi connectivity index (χ1) is 21.0. The van der Waals surface area contributed by atoms with Crippen molar-refractivity contribution in [2.75, 3.05) is 11.5 Å². The molecule has 43 heavy (non-hydrogen) atoms. The first-order valence-corrected chi connectivity index (χ1v) is 16.9. The Balaban J connectivity index is 1.31. The van der Waals surface area contributed by atoms with Gasteiger partial charge in [-0.1, -0.05) is 107 Å². The van der Waals surface area contributed by atoms with E-state index in [1.165, 1.54) is 128 Å². The van der Waals surface area contributed by atoms with E-state index in [1.807, 2.05) is 24.3 Å². The van der Waals surface area contributed by atoms with Gasteiger partial charge < -0.3 is 11.5 Å². The van der Waals surface area contributed by atoms with Crippen LogP contribution in [-0.2, 0) is 38.5 Å². The molecule has 0 radical (unpaired) electrons. The van der Waals surface area contributed by atoms with Gasteiger partial charge in [-0.2, -0.15) is 0 Å². The van der Waals surface area contributed by atoms with E-state index in [0.717, 1.165) is 24.2 Å². The Hall–Kier alpha value is -3.52. The molecule has 0 saturated carbocycles. The van der Waals surface area contributed by atoms with E-state index < -0.39 is 0 Å². The zero-order chi connectivity index (χ0) is 30.3. The number of anilines is 2. The number of hydrogen-bond donors (Lipinski definition) is 2. The van der Waals surface area contributed by atoms with Gasteiger partial charge in [0.1, 0.15) is 0 Å². The van der Waals surface area contributed by atoms with E-state index in [0.29, 0.717) is 0 Å². The summed E-state index contributed by atoms with van der Waals surface area (Å²) < 4.78 is 0. The van der Waals surface area contributed by atoms with Crippen molar-refractivity contribution in [2.24, 2.45) is 0 Å². The average Bonchev–Trinajstić information content (AvgIpc) is 3.01. The molecule has 228 valence electrons. The molecule has 0 spiro atoms. The molecule has 2 nitrogen and oxygen atoms in total. The summed E-state index contributed by atoms with van der Waals surface area (Å²) in [6, 6.07) is 31.3. The highest BCUT2D eigenvalue weighted by molar-refractivity contribution is 5.43. The maximum absolute atomic E-state index is 5.91. The van der Waals surface area contributed by atoms with Gasteiger partial charge in [-0.05, 0) is 133 Å². The molecule has 0 aliphatic rings. The van der Waals surface area contributed by atoms with Crippen LogP contribution in [0.4, 0.5) is 11.4 Å². The minimum absolute atomic E-state index is 0.834. The number of nitrogen functional groups attached to an aromatic ring is 2. The molecule has 4 N–H and O–H groups in total. The Morgan fingerprint density at radius 3 is 1.14 bits per heavy atom. The lowest BCUT2D eigenvalue weighted by Crippen LogP contribution is -2.00. The van der Waals surface area contributed by atoms with Crippen LogP contribution in [0.25, 0.3) is 0 Å². The van der Waals surface area contributed by atoms with Crippen molar-refractivity contribution in [2.45, 2.75) is 110 Å². The summed E-state index contributed by atoms with van der Waals surface area (Å²) in [5.41, 5.74) is 25.2. The van der Waals surface area contributed by atoms with Gasteiger partial charge in [-0.15, -0.1) is 0 Å². The quantitative estimate of drug-likeness (QED) is 0.0917. The van der Waals surface area contributed by atoms with Crippen LogP contribution in [0.15, 0.2) is 84.9 Å². The molecule has 0 saturated heterocycles. The Bertz CT molecular complexity index is 1260. The van der Waals surface area contributed by atoms with Crippen LogP contribution in [0.2, 0.25) is 0 Å². The Kier molecular flexibility index (Phi) is 13.2. The molecular weight excluding hydrogens is 520 g/mol. The maximum Gasteiger partial charge on any atom is 0.0314 e. The van der Waals surface area contributed by atoms with Crippen molar-refractivity contribution >= 4 is 11.4 Å². The molecule has 0 aromatic heterocycles. The third-order valence-corrected chi connectivity index (χ3v) is 8.82. The van der Waals surface area contributed by atoms with E-state index in [-0.39, 0.29) is 0 Å². The first-order valence-electron chi connectivity index (χ1n) is 16.9. The number of nitrogens with two attached hydrogens (primary N) is 2. The summed E-state index contributed by atoms with van der Waals surface area (Å²) in [7, 11) is 0. The summed E-state index contributed by atoms with van der Waals surface area (Å²) >= 11 is 0. The Morgan fingerprint density at radius 1 is 0.372 bits per heavy atom. The lowest BCUT2D eigenvalue weighted by atomic mass is 9.92. The second-order valence-electron chi connectivity index (χ2n) is 12.5. The molecule has 0 heterocycles. The second-order valence-corrected chi connectivity index (χ2v) is 12.5. The molecule has 0 atom stereocenters. The molecule has 0 aliphatic carbocycles. The van der Waals surface area contributed by atoms with Gasteiger partial charge in [0, 0.05) is 11.4 Å². The normalized spacial score (nSPS) is 11.2. The van der Waals surface area contributed by atoms with Crippen LogP contribution >= 0.6 is 0 Å². The third kappa shape index (κ3) is 10.9. The van der Waals surface area contributed by atoms with E-state index in [9.17, 15) is 0 Å². The summed E-state index contributed by atoms with van der Waals surface area (Å²) in [6.45, 7) is 4.57. The number of hydrogen-bond acceptors (Lipinski definition) is 2. The fraction of sp³-hybridized carbons (Fsp3) is 0.415. The fourth-order valence-corrected chi connectivity index (χ4v) is 6.16. The number of unbranched alkanes of at least 4 members (excludes halogenated alkanes) is 6. The maximum atomic E-state index is 5.91. The lowest BCUT2D eigenvalue weighted by Gasteiger charge is -2.14. The third-order valence-electron chi connectivity index (χ3n) is 8.82. The van der Waals surface area contributed by atoms with Gasteiger partial charge in [0.15, 0.2) is 0 Å². The molecule has 0 fully saturated rings. The highest BCUT2D eigenvalue weighted by Crippen LogP contribution is 2.23. The van der Waals surface area contributed by atoms with Gasteiger partial charge in [0.25, 0.3) is 0 Å². The zero-order valence-corrected chi connectivity index (χ0v) is 26.8. The predicted molar refractivity (Wildman–Crippen MR) is 188 cm³/mol. The van der Waals surface area contributed by atoms with Crippen LogP contribution in [0.1, 0.15) is 116 Å². The van der Waals surface area contributed by atoms with E-state index >= 15 is 0 Å². The SMILES string of the molecule is CCCCCc1cc(CCCCCc2ccc(Cc3ccc(N)cc3)c(CCCCC)c2)ccc1Cc1ccc(N)cc1. The van der Waals surface area contributed by atoms with Crippen LogP contribution in [0, 0.1) is 0 Å². The van der Waals surface area contributed by atoms with Crippen LogP contribution in [-0.4, -0.2) is 0 Å². The largest absolute Gasteiger partial charge is 0.399 e. The molecule has 4 aromatic carbocycles. The summed E-state index contributed by atoms with van der Waals surface area (Å²) in [5, 5.41) is 0. The van der Waals surface area contributed by atoms with Gasteiger partial charge in [-0.3, -0.25) is 0 Å². The highest BCUT2D eigenvalue weighted by atomic mass is 14.5. The highest BCUT2D eigenvalue weighted by Gasteiger charge is 2.08. The van der Waals surface area contributed by atoms with Crippen LogP contribution < -0.4 is 11.5 Å². The van der Waals surface area contributed by atoms with Crippen molar-refractivity contribution in [3.8, 4) is 0 Å². The first kappa shape index (κ1) is 32.4. The van der Waals surface area contributed by atoms with Gasteiger partial charge >= 0.3 is 0 Å². The summed E-state index contributed by atoms with van der Waals surface area (Å²) in [6.07, 6.45) is 18.1. The monoisotopic (exact) mass is 574 g/mol. The standard InChI is InChI=1S/C41H54N2/c1-3-5-8-14-36-28-32(16-22-38(36)30-34-18-24-40(42)25-19-34)12-10-7-11-13-33-17-23-39(37(29-33)15-9-6-4-2)31-35-20-26-41(43)27-21-35/h16-29H,3-15,30-31,42-43H2,1-2H3. The molecule has 0 amide bonds. The van der Waals surface area contributed by atoms with Gasteiger partial charge in [-0.25, -0.2) is 0 Å². The van der Waals surface area contributed by atoms with E-state index in [1.54, 1.807) is 0 Å². The minimum atomic E-state index is 0.834. The van der Waals surface area contributed by atoms with Crippen LogP contribution in [0.3, 0.4) is 0 Å².